The van der Waals surface area contributed by atoms with Gasteiger partial charge in [-0.2, -0.15) is 0 Å². The molecule has 0 fully saturated rings. The molecule has 0 radical (unpaired) electrons. The maximum absolute atomic E-state index is 5.78. The molecule has 3 aromatic rings. The third kappa shape index (κ3) is 3.71. The first kappa shape index (κ1) is 14.3. The zero-order valence-corrected chi connectivity index (χ0v) is 13.0. The van der Waals surface area contributed by atoms with Crippen LogP contribution in [0.2, 0.25) is 0 Å². The first-order valence-electron chi connectivity index (χ1n) is 6.82. The van der Waals surface area contributed by atoms with Crippen LogP contribution >= 0.6 is 22.9 Å². The van der Waals surface area contributed by atoms with Gasteiger partial charge in [0.15, 0.2) is 0 Å². The molecule has 0 unspecified atom stereocenters. The summed E-state index contributed by atoms with van der Waals surface area (Å²) in [6.07, 6.45) is 3.66. The zero-order chi connectivity index (χ0) is 14.5. The van der Waals surface area contributed by atoms with Gasteiger partial charge >= 0.3 is 0 Å². The molecule has 0 aliphatic carbocycles. The third-order valence-corrected chi connectivity index (χ3v) is 4.35. The number of fused-ring (bicyclic) bond motifs is 1. The van der Waals surface area contributed by atoms with Gasteiger partial charge in [0.2, 0.25) is 0 Å². The number of hydrogen-bond acceptors (Lipinski definition) is 4. The highest BCUT2D eigenvalue weighted by molar-refractivity contribution is 7.09. The third-order valence-electron chi connectivity index (χ3n) is 3.12. The maximum atomic E-state index is 5.78. The predicted octanol–water partition coefficient (Wildman–Crippen LogP) is 4.44. The van der Waals surface area contributed by atoms with Crippen molar-refractivity contribution < 1.29 is 4.74 Å². The lowest BCUT2D eigenvalue weighted by molar-refractivity contribution is 0.311. The summed E-state index contributed by atoms with van der Waals surface area (Å²) in [6, 6.07) is 9.98. The molecule has 2 aromatic heterocycles. The second-order valence-corrected chi connectivity index (χ2v) is 5.89. The van der Waals surface area contributed by atoms with Crippen LogP contribution in [0.25, 0.3) is 10.9 Å². The van der Waals surface area contributed by atoms with E-state index in [1.54, 1.807) is 17.5 Å². The van der Waals surface area contributed by atoms with Gasteiger partial charge in [-0.25, -0.2) is 4.98 Å². The minimum Gasteiger partial charge on any atom is -0.494 e. The van der Waals surface area contributed by atoms with E-state index in [1.807, 2.05) is 35.7 Å². The number of aromatic nitrogens is 2. The number of nitrogens with zero attached hydrogens (tertiary/aromatic N) is 2. The molecule has 3 rings (SSSR count). The maximum Gasteiger partial charge on any atom is 0.121 e. The van der Waals surface area contributed by atoms with Crippen molar-refractivity contribution >= 4 is 33.8 Å². The Balaban J connectivity index is 1.52. The molecule has 1 aromatic carbocycles. The molecular weight excluding hydrogens is 304 g/mol. The highest BCUT2D eigenvalue weighted by Gasteiger charge is 2.02. The average molecular weight is 319 g/mol. The lowest BCUT2D eigenvalue weighted by Crippen LogP contribution is -1.99. The van der Waals surface area contributed by atoms with Crippen molar-refractivity contribution in [3.8, 4) is 5.75 Å². The number of alkyl halides is 1. The molecule has 0 bridgehead atoms. The SMILES string of the molecule is ClCc1csc(CCCOc2ccc3cccnc3c2)n1. The van der Waals surface area contributed by atoms with Crippen LogP contribution in [0, 0.1) is 0 Å². The molecule has 108 valence electrons. The molecule has 0 aliphatic heterocycles. The van der Waals surface area contributed by atoms with Gasteiger partial charge in [0, 0.05) is 29.5 Å². The number of benzene rings is 1. The summed E-state index contributed by atoms with van der Waals surface area (Å²) in [7, 11) is 0. The largest absolute Gasteiger partial charge is 0.494 e. The van der Waals surface area contributed by atoms with Crippen LogP contribution in [0.4, 0.5) is 0 Å². The zero-order valence-electron chi connectivity index (χ0n) is 11.5. The minimum absolute atomic E-state index is 0.483. The molecule has 21 heavy (non-hydrogen) atoms. The van der Waals surface area contributed by atoms with Gasteiger partial charge in [0.1, 0.15) is 5.75 Å². The van der Waals surface area contributed by atoms with Crippen molar-refractivity contribution in [1.82, 2.24) is 9.97 Å². The molecule has 0 atom stereocenters. The summed E-state index contributed by atoms with van der Waals surface area (Å²) in [5, 5.41) is 4.26. The minimum atomic E-state index is 0.483. The Bertz CT molecular complexity index is 729. The van der Waals surface area contributed by atoms with Crippen molar-refractivity contribution in [1.29, 1.82) is 0 Å². The molecule has 5 heteroatoms. The van der Waals surface area contributed by atoms with Gasteiger partial charge in [-0.3, -0.25) is 4.98 Å². The number of halogens is 1. The fourth-order valence-electron chi connectivity index (χ4n) is 2.07. The van der Waals surface area contributed by atoms with Crippen molar-refractivity contribution in [2.24, 2.45) is 0 Å². The van der Waals surface area contributed by atoms with Crippen LogP contribution in [0.5, 0.6) is 5.75 Å². The fourth-order valence-corrected chi connectivity index (χ4v) is 3.14. The van der Waals surface area contributed by atoms with E-state index in [4.69, 9.17) is 16.3 Å². The molecule has 0 N–H and O–H groups in total. The summed E-state index contributed by atoms with van der Waals surface area (Å²) in [5.41, 5.74) is 1.92. The Labute approximate surface area is 132 Å². The number of pyridine rings is 1. The van der Waals surface area contributed by atoms with Gasteiger partial charge in [0.25, 0.3) is 0 Å². The molecule has 0 amide bonds. The quantitative estimate of drug-likeness (QED) is 0.498. The van der Waals surface area contributed by atoms with E-state index in [2.05, 4.69) is 9.97 Å². The van der Waals surface area contributed by atoms with Crippen molar-refractivity contribution in [2.75, 3.05) is 6.61 Å². The standard InChI is InChI=1S/C16H15ClN2OS/c17-10-13-11-21-16(19-13)4-2-8-20-14-6-5-12-3-1-7-18-15(12)9-14/h1,3,5-7,9,11H,2,4,8,10H2. The molecular formula is C16H15ClN2OS. The highest BCUT2D eigenvalue weighted by atomic mass is 35.5. The molecule has 3 nitrogen and oxygen atoms in total. The summed E-state index contributed by atoms with van der Waals surface area (Å²) in [4.78, 5) is 8.76. The van der Waals surface area contributed by atoms with Crippen LogP contribution < -0.4 is 4.74 Å². The fraction of sp³-hybridized carbons (Fsp3) is 0.250. The number of aryl methyl sites for hydroxylation is 1. The van der Waals surface area contributed by atoms with Gasteiger partial charge in [0.05, 0.1) is 28.7 Å². The topological polar surface area (TPSA) is 35.0 Å². The van der Waals surface area contributed by atoms with Gasteiger partial charge < -0.3 is 4.74 Å². The smallest absolute Gasteiger partial charge is 0.121 e. The van der Waals surface area contributed by atoms with Crippen LogP contribution in [-0.2, 0) is 12.3 Å². The van der Waals surface area contributed by atoms with Gasteiger partial charge in [-0.1, -0.05) is 6.07 Å². The number of ether oxygens (including phenoxy) is 1. The Hall–Kier alpha value is -1.65. The monoisotopic (exact) mass is 318 g/mol. The van der Waals surface area contributed by atoms with Crippen LogP contribution in [-0.4, -0.2) is 16.6 Å². The van der Waals surface area contributed by atoms with Gasteiger partial charge in [-0.05, 0) is 24.6 Å². The summed E-state index contributed by atoms with van der Waals surface area (Å²) >= 11 is 7.40. The van der Waals surface area contributed by atoms with Crippen molar-refractivity contribution in [3.63, 3.8) is 0 Å². The highest BCUT2D eigenvalue weighted by Crippen LogP contribution is 2.19. The van der Waals surface area contributed by atoms with Crippen molar-refractivity contribution in [2.45, 2.75) is 18.7 Å². The predicted molar refractivity (Wildman–Crippen MR) is 87.2 cm³/mol. The molecule has 0 saturated heterocycles. The Morgan fingerprint density at radius 2 is 2.19 bits per heavy atom. The lowest BCUT2D eigenvalue weighted by atomic mass is 10.2. The number of hydrogen-bond donors (Lipinski definition) is 0. The molecule has 0 spiro atoms. The Kier molecular flexibility index (Phi) is 4.68. The van der Waals surface area contributed by atoms with E-state index in [0.717, 1.165) is 40.2 Å². The number of rotatable bonds is 6. The van der Waals surface area contributed by atoms with Gasteiger partial charge in [-0.15, -0.1) is 22.9 Å². The average Bonchev–Trinajstić information content (AvgIpc) is 2.99. The van der Waals surface area contributed by atoms with Crippen LogP contribution in [0.1, 0.15) is 17.1 Å². The Morgan fingerprint density at radius 3 is 3.05 bits per heavy atom. The molecule has 0 saturated carbocycles. The number of thiazole rings is 1. The second kappa shape index (κ2) is 6.87. The summed E-state index contributed by atoms with van der Waals surface area (Å²) < 4.78 is 5.78. The van der Waals surface area contributed by atoms with E-state index >= 15 is 0 Å². The van der Waals surface area contributed by atoms with E-state index < -0.39 is 0 Å². The molecule has 0 aliphatic rings. The lowest BCUT2D eigenvalue weighted by Gasteiger charge is -2.06. The first-order valence-corrected chi connectivity index (χ1v) is 8.23. The van der Waals surface area contributed by atoms with E-state index in [0.29, 0.717) is 12.5 Å². The van der Waals surface area contributed by atoms with Crippen LogP contribution in [0.15, 0.2) is 41.9 Å². The molecule has 2 heterocycles. The first-order chi connectivity index (χ1) is 10.3. The Morgan fingerprint density at radius 1 is 1.24 bits per heavy atom. The van der Waals surface area contributed by atoms with E-state index in [1.165, 1.54) is 0 Å². The van der Waals surface area contributed by atoms with E-state index in [9.17, 15) is 0 Å². The van der Waals surface area contributed by atoms with E-state index in [-0.39, 0.29) is 0 Å². The van der Waals surface area contributed by atoms with Crippen molar-refractivity contribution in [3.05, 3.63) is 52.6 Å². The van der Waals surface area contributed by atoms with Crippen LogP contribution in [0.3, 0.4) is 0 Å². The summed E-state index contributed by atoms with van der Waals surface area (Å²) in [6.45, 7) is 0.675. The second-order valence-electron chi connectivity index (χ2n) is 4.68. The normalized spacial score (nSPS) is 10.9. The summed E-state index contributed by atoms with van der Waals surface area (Å²) in [5.74, 6) is 1.35.